The van der Waals surface area contributed by atoms with Crippen LogP contribution < -0.4 is 0 Å². The van der Waals surface area contributed by atoms with Crippen LogP contribution in [0.3, 0.4) is 0 Å². The van der Waals surface area contributed by atoms with Gasteiger partial charge in [-0.1, -0.05) is 19.3 Å². The van der Waals surface area contributed by atoms with Gasteiger partial charge in [-0.3, -0.25) is 4.79 Å². The summed E-state index contributed by atoms with van der Waals surface area (Å²) in [6.07, 6.45) is 6.13. The predicted octanol–water partition coefficient (Wildman–Crippen LogP) is 2.47. The lowest BCUT2D eigenvalue weighted by molar-refractivity contribution is -0.136. The van der Waals surface area contributed by atoms with Gasteiger partial charge < -0.3 is 5.11 Å². The van der Waals surface area contributed by atoms with Gasteiger partial charge in [-0.05, 0) is 12.8 Å². The van der Waals surface area contributed by atoms with Gasteiger partial charge in [-0.2, -0.15) is 5.10 Å². The highest BCUT2D eigenvalue weighted by Gasteiger charge is 2.21. The second-order valence-electron chi connectivity index (χ2n) is 4.80. The fraction of sp³-hybridized carbons (Fsp3) is 0.583. The Labute approximate surface area is 108 Å². The second kappa shape index (κ2) is 4.68. The number of hydrogen-bond acceptors (Lipinski definition) is 4. The Morgan fingerprint density at radius 3 is 2.94 bits per heavy atom. The van der Waals surface area contributed by atoms with Gasteiger partial charge in [0.15, 0.2) is 5.82 Å². The van der Waals surface area contributed by atoms with Crippen LogP contribution in [-0.2, 0) is 11.2 Å². The van der Waals surface area contributed by atoms with Crippen molar-refractivity contribution in [2.75, 3.05) is 0 Å². The van der Waals surface area contributed by atoms with E-state index in [1.165, 1.54) is 30.6 Å². The molecule has 0 radical (unpaired) electrons. The van der Waals surface area contributed by atoms with Crippen LogP contribution in [0.25, 0.3) is 4.96 Å². The molecule has 0 aromatic carbocycles. The normalized spacial score (nSPS) is 17.3. The number of fused-ring (bicyclic) bond motifs is 1. The van der Waals surface area contributed by atoms with Crippen LogP contribution in [0.15, 0.2) is 5.38 Å². The van der Waals surface area contributed by atoms with Gasteiger partial charge in [0.1, 0.15) is 0 Å². The minimum Gasteiger partial charge on any atom is -0.481 e. The van der Waals surface area contributed by atoms with Gasteiger partial charge in [0.2, 0.25) is 4.96 Å². The molecule has 0 amide bonds. The average Bonchev–Trinajstić information content (AvgIpc) is 2.92. The van der Waals surface area contributed by atoms with E-state index in [0.29, 0.717) is 5.92 Å². The lowest BCUT2D eigenvalue weighted by atomic mass is 9.89. The van der Waals surface area contributed by atoms with E-state index in [2.05, 4.69) is 10.1 Å². The third-order valence-electron chi connectivity index (χ3n) is 3.47. The molecule has 0 saturated heterocycles. The van der Waals surface area contributed by atoms with Crippen LogP contribution in [0.4, 0.5) is 0 Å². The first-order chi connectivity index (χ1) is 8.74. The van der Waals surface area contributed by atoms with Crippen molar-refractivity contribution in [2.24, 2.45) is 0 Å². The lowest BCUT2D eigenvalue weighted by Crippen LogP contribution is -2.07. The van der Waals surface area contributed by atoms with Gasteiger partial charge in [0.05, 0.1) is 12.1 Å². The maximum Gasteiger partial charge on any atom is 0.309 e. The highest BCUT2D eigenvalue weighted by Crippen LogP contribution is 2.31. The summed E-state index contributed by atoms with van der Waals surface area (Å²) >= 11 is 1.47. The van der Waals surface area contributed by atoms with E-state index in [9.17, 15) is 4.79 Å². The van der Waals surface area contributed by atoms with Crippen molar-refractivity contribution in [3.05, 3.63) is 16.9 Å². The van der Waals surface area contributed by atoms with Crippen molar-refractivity contribution in [3.63, 3.8) is 0 Å². The smallest absolute Gasteiger partial charge is 0.309 e. The molecule has 0 spiro atoms. The second-order valence-corrected chi connectivity index (χ2v) is 5.63. The molecule has 0 unspecified atom stereocenters. The molecule has 5 nitrogen and oxygen atoms in total. The Morgan fingerprint density at radius 2 is 2.22 bits per heavy atom. The first-order valence-electron chi connectivity index (χ1n) is 6.29. The molecular weight excluding hydrogens is 250 g/mol. The highest BCUT2D eigenvalue weighted by atomic mass is 32.1. The van der Waals surface area contributed by atoms with E-state index in [0.717, 1.165) is 29.3 Å². The molecule has 1 saturated carbocycles. The van der Waals surface area contributed by atoms with E-state index in [1.54, 1.807) is 4.52 Å². The zero-order chi connectivity index (χ0) is 12.5. The van der Waals surface area contributed by atoms with Crippen LogP contribution in [0.5, 0.6) is 0 Å². The minimum atomic E-state index is -0.829. The summed E-state index contributed by atoms with van der Waals surface area (Å²) in [6, 6.07) is 0. The summed E-state index contributed by atoms with van der Waals surface area (Å²) in [5.74, 6) is 0.529. The van der Waals surface area contributed by atoms with E-state index < -0.39 is 5.97 Å². The Morgan fingerprint density at radius 1 is 1.44 bits per heavy atom. The molecule has 0 atom stereocenters. The fourth-order valence-corrected chi connectivity index (χ4v) is 3.38. The SMILES string of the molecule is O=C(O)Cc1csc2nc(C3CCCCC3)nn12. The Kier molecular flexibility index (Phi) is 3.03. The molecule has 1 aliphatic rings. The molecule has 1 aliphatic carbocycles. The summed E-state index contributed by atoms with van der Waals surface area (Å²) in [7, 11) is 0. The average molecular weight is 265 g/mol. The van der Waals surface area contributed by atoms with Crippen LogP contribution in [0, 0.1) is 0 Å². The van der Waals surface area contributed by atoms with Crippen LogP contribution in [0.1, 0.15) is 49.5 Å². The van der Waals surface area contributed by atoms with Crippen molar-refractivity contribution in [1.82, 2.24) is 14.6 Å². The van der Waals surface area contributed by atoms with E-state index >= 15 is 0 Å². The predicted molar refractivity (Wildman–Crippen MR) is 68.0 cm³/mol. The maximum atomic E-state index is 10.8. The number of hydrogen-bond donors (Lipinski definition) is 1. The van der Waals surface area contributed by atoms with Gasteiger partial charge in [0.25, 0.3) is 0 Å². The number of thiazole rings is 1. The topological polar surface area (TPSA) is 67.5 Å². The number of nitrogens with zero attached hydrogens (tertiary/aromatic N) is 3. The molecule has 1 fully saturated rings. The molecule has 96 valence electrons. The van der Waals surface area contributed by atoms with Gasteiger partial charge in [-0.25, -0.2) is 9.50 Å². The zero-order valence-electron chi connectivity index (χ0n) is 10.0. The lowest BCUT2D eigenvalue weighted by Gasteiger charge is -2.18. The van der Waals surface area contributed by atoms with Crippen LogP contribution in [-0.4, -0.2) is 25.7 Å². The van der Waals surface area contributed by atoms with Crippen LogP contribution >= 0.6 is 11.3 Å². The molecule has 6 heteroatoms. The fourth-order valence-electron chi connectivity index (χ4n) is 2.55. The van der Waals surface area contributed by atoms with E-state index in [-0.39, 0.29) is 6.42 Å². The molecule has 2 aromatic heterocycles. The Hall–Kier alpha value is -1.43. The van der Waals surface area contributed by atoms with E-state index in [1.807, 2.05) is 5.38 Å². The Balaban J connectivity index is 1.90. The third-order valence-corrected chi connectivity index (χ3v) is 4.33. The first-order valence-corrected chi connectivity index (χ1v) is 7.17. The molecule has 1 N–H and O–H groups in total. The molecule has 0 bridgehead atoms. The standard InChI is InChI=1S/C12H15N3O2S/c16-10(17)6-9-7-18-12-13-11(14-15(9)12)8-4-2-1-3-5-8/h7-8H,1-6H2,(H,16,17). The van der Waals surface area contributed by atoms with Crippen LogP contribution in [0.2, 0.25) is 0 Å². The number of aromatic nitrogens is 3. The summed E-state index contributed by atoms with van der Waals surface area (Å²) in [4.78, 5) is 16.1. The summed E-state index contributed by atoms with van der Waals surface area (Å²) in [5, 5.41) is 15.2. The zero-order valence-corrected chi connectivity index (χ0v) is 10.8. The minimum absolute atomic E-state index is 0.00741. The van der Waals surface area contributed by atoms with Gasteiger partial charge in [0, 0.05) is 11.3 Å². The van der Waals surface area contributed by atoms with Crippen molar-refractivity contribution < 1.29 is 9.90 Å². The van der Waals surface area contributed by atoms with Gasteiger partial charge >= 0.3 is 5.97 Å². The molecular formula is C12H15N3O2S. The van der Waals surface area contributed by atoms with E-state index in [4.69, 9.17) is 5.11 Å². The number of rotatable bonds is 3. The quantitative estimate of drug-likeness (QED) is 0.925. The van der Waals surface area contributed by atoms with Crippen molar-refractivity contribution in [3.8, 4) is 0 Å². The molecule has 2 heterocycles. The molecule has 2 aromatic rings. The summed E-state index contributed by atoms with van der Waals surface area (Å²) < 4.78 is 1.70. The largest absolute Gasteiger partial charge is 0.481 e. The third kappa shape index (κ3) is 2.12. The van der Waals surface area contributed by atoms with Crippen molar-refractivity contribution in [2.45, 2.75) is 44.4 Å². The molecule has 3 rings (SSSR count). The molecule has 18 heavy (non-hydrogen) atoms. The summed E-state index contributed by atoms with van der Waals surface area (Å²) in [6.45, 7) is 0. The van der Waals surface area contributed by atoms with Crippen molar-refractivity contribution >= 4 is 22.3 Å². The molecule has 0 aliphatic heterocycles. The highest BCUT2D eigenvalue weighted by molar-refractivity contribution is 7.15. The number of carboxylic acid groups (broad SMARTS) is 1. The maximum absolute atomic E-state index is 10.8. The summed E-state index contributed by atoms with van der Waals surface area (Å²) in [5.41, 5.74) is 0.719. The number of carbonyl (C=O) groups is 1. The van der Waals surface area contributed by atoms with Crippen molar-refractivity contribution in [1.29, 1.82) is 0 Å². The number of aliphatic carboxylic acids is 1. The van der Waals surface area contributed by atoms with Gasteiger partial charge in [-0.15, -0.1) is 11.3 Å². The Bertz CT molecular complexity index is 569. The number of carboxylic acids is 1. The monoisotopic (exact) mass is 265 g/mol. The first kappa shape index (κ1) is 11.6.